The first-order chi connectivity index (χ1) is 9.60. The van der Waals surface area contributed by atoms with Crippen molar-refractivity contribution in [2.24, 2.45) is 0 Å². The van der Waals surface area contributed by atoms with E-state index in [-0.39, 0.29) is 0 Å². The molecule has 2 rings (SSSR count). The van der Waals surface area contributed by atoms with Crippen molar-refractivity contribution in [2.45, 2.75) is 26.4 Å². The van der Waals surface area contributed by atoms with Gasteiger partial charge in [0.25, 0.3) is 0 Å². The third kappa shape index (κ3) is 3.41. The molecule has 20 heavy (non-hydrogen) atoms. The Hall–Kier alpha value is -2.23. The maximum atomic E-state index is 5.72. The molecule has 0 atom stereocenters. The Balaban J connectivity index is 2.24. The van der Waals surface area contributed by atoms with Crippen molar-refractivity contribution in [3.8, 4) is 5.88 Å². The van der Waals surface area contributed by atoms with E-state index in [4.69, 9.17) is 10.5 Å². The second-order valence-corrected chi connectivity index (χ2v) is 5.00. The number of pyridine rings is 1. The molecule has 2 aromatic rings. The fourth-order valence-electron chi connectivity index (χ4n) is 2.03. The van der Waals surface area contributed by atoms with Gasteiger partial charge < -0.3 is 15.4 Å². The predicted molar refractivity (Wildman–Crippen MR) is 83.0 cm³/mol. The number of nitrogen functional groups attached to an aromatic ring is 1. The summed E-state index contributed by atoms with van der Waals surface area (Å²) in [5.74, 6) is 1.54. The number of rotatable bonds is 5. The smallest absolute Gasteiger partial charge is 0.214 e. The normalized spacial score (nSPS) is 10.6. The molecule has 0 spiro atoms. The molecule has 0 unspecified atom stereocenters. The molecule has 1 aromatic heterocycles. The zero-order valence-electron chi connectivity index (χ0n) is 12.2. The topological polar surface area (TPSA) is 51.4 Å². The highest BCUT2D eigenvalue weighted by Crippen LogP contribution is 2.21. The van der Waals surface area contributed by atoms with Crippen LogP contribution in [0.2, 0.25) is 0 Å². The van der Waals surface area contributed by atoms with Crippen LogP contribution in [0.25, 0.3) is 0 Å². The molecule has 0 aliphatic heterocycles. The van der Waals surface area contributed by atoms with Crippen LogP contribution in [0.1, 0.15) is 19.4 Å². The monoisotopic (exact) mass is 271 g/mol. The van der Waals surface area contributed by atoms with Gasteiger partial charge in [-0.15, -0.1) is 0 Å². The summed E-state index contributed by atoms with van der Waals surface area (Å²) in [7, 11) is 1.63. The zero-order valence-corrected chi connectivity index (χ0v) is 12.2. The predicted octanol–water partition coefficient (Wildman–Crippen LogP) is 3.09. The molecule has 0 aliphatic rings. The number of nitrogens with two attached hydrogens (primary N) is 1. The molecule has 2 N–H and O–H groups in total. The first-order valence-electron chi connectivity index (χ1n) is 6.72. The van der Waals surface area contributed by atoms with Crippen LogP contribution < -0.4 is 15.4 Å². The first-order valence-corrected chi connectivity index (χ1v) is 6.72. The summed E-state index contributed by atoms with van der Waals surface area (Å²) < 4.78 is 5.20. The van der Waals surface area contributed by atoms with Crippen molar-refractivity contribution in [1.82, 2.24) is 4.98 Å². The Kier molecular flexibility index (Phi) is 4.45. The van der Waals surface area contributed by atoms with E-state index in [9.17, 15) is 0 Å². The molecule has 0 saturated heterocycles. The van der Waals surface area contributed by atoms with Gasteiger partial charge in [-0.05, 0) is 37.6 Å². The highest BCUT2D eigenvalue weighted by atomic mass is 16.5. The minimum absolute atomic E-state index is 0.340. The second-order valence-electron chi connectivity index (χ2n) is 5.00. The van der Waals surface area contributed by atoms with Crippen LogP contribution in [-0.2, 0) is 6.54 Å². The molecule has 0 fully saturated rings. The van der Waals surface area contributed by atoms with Gasteiger partial charge in [-0.1, -0.05) is 18.2 Å². The minimum atomic E-state index is 0.340. The number of methoxy groups -OCH3 is 1. The van der Waals surface area contributed by atoms with Crippen molar-refractivity contribution in [1.29, 1.82) is 0 Å². The van der Waals surface area contributed by atoms with Crippen LogP contribution in [-0.4, -0.2) is 18.1 Å². The quantitative estimate of drug-likeness (QED) is 0.849. The van der Waals surface area contributed by atoms with E-state index in [0.29, 0.717) is 11.9 Å². The molecule has 0 amide bonds. The lowest BCUT2D eigenvalue weighted by molar-refractivity contribution is 0.397. The third-order valence-corrected chi connectivity index (χ3v) is 3.17. The molecule has 0 saturated carbocycles. The van der Waals surface area contributed by atoms with E-state index in [1.807, 2.05) is 42.5 Å². The van der Waals surface area contributed by atoms with Gasteiger partial charge in [-0.25, -0.2) is 0 Å². The average molecular weight is 271 g/mol. The highest BCUT2D eigenvalue weighted by molar-refractivity contribution is 5.44. The van der Waals surface area contributed by atoms with Gasteiger partial charge in [0.15, 0.2) is 0 Å². The molecule has 0 bridgehead atoms. The molecule has 106 valence electrons. The standard InChI is InChI=1S/C16H21N3O/c1-12(2)19(11-13-7-9-14(17)10-8-13)15-5-4-6-16(18-15)20-3/h4-10,12H,11,17H2,1-3H3. The zero-order chi connectivity index (χ0) is 14.5. The van der Waals surface area contributed by atoms with Gasteiger partial charge in [0.1, 0.15) is 5.82 Å². The highest BCUT2D eigenvalue weighted by Gasteiger charge is 2.13. The summed E-state index contributed by atoms with van der Waals surface area (Å²) in [5.41, 5.74) is 7.71. The van der Waals surface area contributed by atoms with Gasteiger partial charge in [0.2, 0.25) is 5.88 Å². The van der Waals surface area contributed by atoms with Crippen LogP contribution >= 0.6 is 0 Å². The van der Waals surface area contributed by atoms with Crippen molar-refractivity contribution in [3.63, 3.8) is 0 Å². The van der Waals surface area contributed by atoms with E-state index in [1.54, 1.807) is 7.11 Å². The van der Waals surface area contributed by atoms with Crippen LogP contribution in [0.4, 0.5) is 11.5 Å². The van der Waals surface area contributed by atoms with Crippen molar-refractivity contribution in [2.75, 3.05) is 17.7 Å². The summed E-state index contributed by atoms with van der Waals surface area (Å²) in [5, 5.41) is 0. The maximum Gasteiger partial charge on any atom is 0.214 e. The summed E-state index contributed by atoms with van der Waals surface area (Å²) >= 11 is 0. The van der Waals surface area contributed by atoms with E-state index < -0.39 is 0 Å². The maximum absolute atomic E-state index is 5.72. The molecule has 0 radical (unpaired) electrons. The number of nitrogens with zero attached hydrogens (tertiary/aromatic N) is 2. The summed E-state index contributed by atoms with van der Waals surface area (Å²) in [6.45, 7) is 5.09. The second kappa shape index (κ2) is 6.28. The third-order valence-electron chi connectivity index (χ3n) is 3.17. The Bertz CT molecular complexity index is 552. The number of anilines is 2. The number of aromatic nitrogens is 1. The van der Waals surface area contributed by atoms with Crippen LogP contribution in [0.5, 0.6) is 5.88 Å². The van der Waals surface area contributed by atoms with E-state index in [0.717, 1.165) is 18.1 Å². The lowest BCUT2D eigenvalue weighted by atomic mass is 10.1. The van der Waals surface area contributed by atoms with E-state index >= 15 is 0 Å². The van der Waals surface area contributed by atoms with Gasteiger partial charge >= 0.3 is 0 Å². The van der Waals surface area contributed by atoms with Gasteiger partial charge in [-0.3, -0.25) is 0 Å². The molecular formula is C16H21N3O. The Morgan fingerprint density at radius 2 is 1.85 bits per heavy atom. The van der Waals surface area contributed by atoms with Gasteiger partial charge in [0.05, 0.1) is 7.11 Å². The average Bonchev–Trinajstić information content (AvgIpc) is 2.46. The van der Waals surface area contributed by atoms with Crippen LogP contribution in [0.15, 0.2) is 42.5 Å². The molecule has 0 aliphatic carbocycles. The number of hydrogen-bond donors (Lipinski definition) is 1. The lowest BCUT2D eigenvalue weighted by Gasteiger charge is -2.28. The SMILES string of the molecule is COc1cccc(N(Cc2ccc(N)cc2)C(C)C)n1. The first kappa shape index (κ1) is 14.2. The minimum Gasteiger partial charge on any atom is -0.481 e. The van der Waals surface area contributed by atoms with Crippen LogP contribution in [0.3, 0.4) is 0 Å². The van der Waals surface area contributed by atoms with Crippen LogP contribution in [0, 0.1) is 0 Å². The summed E-state index contributed by atoms with van der Waals surface area (Å²) in [4.78, 5) is 6.74. The molecule has 4 nitrogen and oxygen atoms in total. The Labute approximate surface area is 120 Å². The number of hydrogen-bond acceptors (Lipinski definition) is 4. The van der Waals surface area contributed by atoms with Gasteiger partial charge in [-0.2, -0.15) is 4.98 Å². The fraction of sp³-hybridized carbons (Fsp3) is 0.312. The Morgan fingerprint density at radius 1 is 1.15 bits per heavy atom. The molecule has 1 aromatic carbocycles. The van der Waals surface area contributed by atoms with Crippen molar-refractivity contribution in [3.05, 3.63) is 48.0 Å². The van der Waals surface area contributed by atoms with Gasteiger partial charge in [0, 0.05) is 24.3 Å². The van der Waals surface area contributed by atoms with Crippen molar-refractivity contribution < 1.29 is 4.74 Å². The van der Waals surface area contributed by atoms with Crippen molar-refractivity contribution >= 4 is 11.5 Å². The van der Waals surface area contributed by atoms with E-state index in [1.165, 1.54) is 5.56 Å². The summed E-state index contributed by atoms with van der Waals surface area (Å²) in [6.07, 6.45) is 0. The number of benzene rings is 1. The fourth-order valence-corrected chi connectivity index (χ4v) is 2.03. The lowest BCUT2D eigenvalue weighted by Crippen LogP contribution is -2.30. The Morgan fingerprint density at radius 3 is 2.45 bits per heavy atom. The molecular weight excluding hydrogens is 250 g/mol. The largest absolute Gasteiger partial charge is 0.481 e. The van der Waals surface area contributed by atoms with E-state index in [2.05, 4.69) is 23.7 Å². The summed E-state index contributed by atoms with van der Waals surface area (Å²) in [6, 6.07) is 14.1. The molecule has 1 heterocycles. The number of ether oxygens (including phenoxy) is 1. The molecule has 4 heteroatoms.